The van der Waals surface area contributed by atoms with Gasteiger partial charge in [-0.05, 0) is 41.3 Å². The summed E-state index contributed by atoms with van der Waals surface area (Å²) in [5.74, 6) is 0.974. The molecule has 1 heterocycles. The van der Waals surface area contributed by atoms with E-state index in [9.17, 15) is 0 Å². The van der Waals surface area contributed by atoms with Crippen LogP contribution in [0.3, 0.4) is 0 Å². The van der Waals surface area contributed by atoms with Gasteiger partial charge in [0.05, 0.1) is 12.8 Å². The molecule has 1 aliphatic carbocycles. The van der Waals surface area contributed by atoms with E-state index in [0.29, 0.717) is 0 Å². The Bertz CT molecular complexity index is 811. The number of hydrogen-bond acceptors (Lipinski definition) is 1. The molecule has 4 rings (SSSR count). The molecule has 1 aromatic heterocycles. The topological polar surface area (TPSA) is 25.0 Å². The minimum absolute atomic E-state index is 0.974. The zero-order valence-electron chi connectivity index (χ0n) is 10.9. The maximum Gasteiger partial charge on any atom is 0.138 e. The smallest absolute Gasteiger partial charge is 0.138 e. The quantitative estimate of drug-likeness (QED) is 0.685. The molecule has 2 heteroatoms. The summed E-state index contributed by atoms with van der Waals surface area (Å²) in [5, 5.41) is 3.98. The van der Waals surface area contributed by atoms with E-state index in [1.807, 2.05) is 0 Å². The second-order valence-electron chi connectivity index (χ2n) is 5.00. The molecule has 3 aromatic rings. The van der Waals surface area contributed by atoms with Gasteiger partial charge in [-0.15, -0.1) is 0 Å². The van der Waals surface area contributed by atoms with Gasteiger partial charge in [0, 0.05) is 10.9 Å². The molecule has 0 saturated heterocycles. The van der Waals surface area contributed by atoms with Crippen molar-refractivity contribution in [2.24, 2.45) is 0 Å². The van der Waals surface area contributed by atoms with Crippen molar-refractivity contribution < 1.29 is 4.74 Å². The van der Waals surface area contributed by atoms with Crippen LogP contribution in [0.4, 0.5) is 0 Å². The highest BCUT2D eigenvalue weighted by atomic mass is 16.5. The number of ether oxygens (including phenoxy) is 1. The molecule has 2 aromatic carbocycles. The van der Waals surface area contributed by atoms with Crippen LogP contribution in [-0.2, 0) is 11.2 Å². The van der Waals surface area contributed by atoms with E-state index in [1.165, 1.54) is 27.2 Å². The lowest BCUT2D eigenvalue weighted by Crippen LogP contribution is -1.99. The zero-order chi connectivity index (χ0) is 12.8. The molecule has 1 aliphatic rings. The second-order valence-corrected chi connectivity index (χ2v) is 5.00. The van der Waals surface area contributed by atoms with E-state index in [4.69, 9.17) is 4.74 Å². The summed E-state index contributed by atoms with van der Waals surface area (Å²) in [6.45, 7) is 0. The third-order valence-corrected chi connectivity index (χ3v) is 3.98. The van der Waals surface area contributed by atoms with E-state index in [-0.39, 0.29) is 0 Å². The summed E-state index contributed by atoms with van der Waals surface area (Å²) in [6, 6.07) is 12.9. The van der Waals surface area contributed by atoms with Crippen molar-refractivity contribution in [1.29, 1.82) is 0 Å². The van der Waals surface area contributed by atoms with Gasteiger partial charge in [-0.3, -0.25) is 0 Å². The van der Waals surface area contributed by atoms with Gasteiger partial charge in [-0.2, -0.15) is 0 Å². The third kappa shape index (κ3) is 1.43. The predicted octanol–water partition coefficient (Wildman–Crippen LogP) is 4.25. The van der Waals surface area contributed by atoms with Gasteiger partial charge >= 0.3 is 0 Å². The summed E-state index contributed by atoms with van der Waals surface area (Å²) in [6.07, 6.45) is 4.29. The SMILES string of the molecule is COC1=CCCc2c1[nH]c1ccc3ccccc3c21. The lowest BCUT2D eigenvalue weighted by molar-refractivity contribution is 0.365. The number of benzene rings is 2. The molecule has 0 unspecified atom stereocenters. The molecular formula is C17H15NO. The van der Waals surface area contributed by atoms with Crippen molar-refractivity contribution in [2.75, 3.05) is 7.11 Å². The van der Waals surface area contributed by atoms with Crippen LogP contribution in [0.25, 0.3) is 27.4 Å². The fourth-order valence-electron chi connectivity index (χ4n) is 3.13. The van der Waals surface area contributed by atoms with E-state index in [2.05, 4.69) is 47.5 Å². The van der Waals surface area contributed by atoms with Crippen LogP contribution >= 0.6 is 0 Å². The fraction of sp³-hybridized carbons (Fsp3) is 0.176. The standard InChI is InChI=1S/C17H15NO/c1-19-15-8-4-7-13-16-12-6-3-2-5-11(12)9-10-14(16)18-17(13)15/h2-3,5-6,8-10,18H,4,7H2,1H3. The molecule has 2 nitrogen and oxygen atoms in total. The average Bonchev–Trinajstić information content (AvgIpc) is 2.86. The van der Waals surface area contributed by atoms with Gasteiger partial charge in [0.2, 0.25) is 0 Å². The van der Waals surface area contributed by atoms with Gasteiger partial charge in [0.15, 0.2) is 0 Å². The number of aromatic amines is 1. The van der Waals surface area contributed by atoms with Crippen LogP contribution in [-0.4, -0.2) is 12.1 Å². The third-order valence-electron chi connectivity index (χ3n) is 3.98. The Hall–Kier alpha value is -2.22. The van der Waals surface area contributed by atoms with Crippen LogP contribution in [0, 0.1) is 0 Å². The molecular weight excluding hydrogens is 234 g/mol. The monoisotopic (exact) mass is 249 g/mol. The predicted molar refractivity (Wildman–Crippen MR) is 79.1 cm³/mol. The number of allylic oxidation sites excluding steroid dienone is 1. The van der Waals surface area contributed by atoms with Gasteiger partial charge in [0.1, 0.15) is 5.76 Å². The van der Waals surface area contributed by atoms with Gasteiger partial charge in [0.25, 0.3) is 0 Å². The molecule has 0 spiro atoms. The molecule has 94 valence electrons. The van der Waals surface area contributed by atoms with E-state index >= 15 is 0 Å². The molecule has 0 aliphatic heterocycles. The van der Waals surface area contributed by atoms with Crippen molar-refractivity contribution in [3.8, 4) is 0 Å². The first-order valence-corrected chi connectivity index (χ1v) is 6.65. The molecule has 1 N–H and O–H groups in total. The minimum Gasteiger partial charge on any atom is -0.495 e. The maximum atomic E-state index is 5.49. The van der Waals surface area contributed by atoms with Crippen molar-refractivity contribution in [1.82, 2.24) is 4.98 Å². The minimum atomic E-state index is 0.974. The molecule has 0 fully saturated rings. The lowest BCUT2D eigenvalue weighted by Gasteiger charge is -2.12. The van der Waals surface area contributed by atoms with Gasteiger partial charge in [-0.1, -0.05) is 30.3 Å². The van der Waals surface area contributed by atoms with E-state index < -0.39 is 0 Å². The number of nitrogens with one attached hydrogen (secondary N) is 1. The van der Waals surface area contributed by atoms with Crippen LogP contribution in [0.5, 0.6) is 0 Å². The number of hydrogen-bond donors (Lipinski definition) is 1. The van der Waals surface area contributed by atoms with Crippen molar-refractivity contribution in [3.63, 3.8) is 0 Å². The Morgan fingerprint density at radius 2 is 2.00 bits per heavy atom. The Balaban J connectivity index is 2.15. The summed E-state index contributed by atoms with van der Waals surface area (Å²) in [7, 11) is 1.74. The summed E-state index contributed by atoms with van der Waals surface area (Å²) >= 11 is 0. The zero-order valence-corrected chi connectivity index (χ0v) is 10.9. The largest absolute Gasteiger partial charge is 0.495 e. The van der Waals surface area contributed by atoms with Crippen molar-refractivity contribution in [3.05, 3.63) is 53.7 Å². The molecule has 0 radical (unpaired) electrons. The first-order chi connectivity index (χ1) is 9.38. The Labute approximate surface area is 111 Å². The highest BCUT2D eigenvalue weighted by Gasteiger charge is 2.19. The van der Waals surface area contributed by atoms with Gasteiger partial charge in [-0.25, -0.2) is 0 Å². The Morgan fingerprint density at radius 3 is 2.89 bits per heavy atom. The van der Waals surface area contributed by atoms with E-state index in [0.717, 1.165) is 24.3 Å². The summed E-state index contributed by atoms with van der Waals surface area (Å²) in [5.41, 5.74) is 3.75. The summed E-state index contributed by atoms with van der Waals surface area (Å²) < 4.78 is 5.49. The van der Waals surface area contributed by atoms with E-state index in [1.54, 1.807) is 7.11 Å². The molecule has 0 bridgehead atoms. The lowest BCUT2D eigenvalue weighted by atomic mass is 9.96. The number of rotatable bonds is 1. The highest BCUT2D eigenvalue weighted by Crippen LogP contribution is 2.36. The first kappa shape index (κ1) is 10.7. The Morgan fingerprint density at radius 1 is 1.11 bits per heavy atom. The van der Waals surface area contributed by atoms with Crippen LogP contribution < -0.4 is 0 Å². The maximum absolute atomic E-state index is 5.49. The Kier molecular flexibility index (Phi) is 2.18. The first-order valence-electron chi connectivity index (χ1n) is 6.65. The highest BCUT2D eigenvalue weighted by molar-refractivity contribution is 6.09. The summed E-state index contributed by atoms with van der Waals surface area (Å²) in [4.78, 5) is 3.52. The number of aromatic nitrogens is 1. The number of methoxy groups -OCH3 is 1. The fourth-order valence-corrected chi connectivity index (χ4v) is 3.13. The molecule has 0 saturated carbocycles. The van der Waals surface area contributed by atoms with Crippen molar-refractivity contribution >= 4 is 27.4 Å². The molecule has 0 amide bonds. The number of fused-ring (bicyclic) bond motifs is 5. The van der Waals surface area contributed by atoms with Gasteiger partial charge < -0.3 is 9.72 Å². The van der Waals surface area contributed by atoms with Crippen LogP contribution in [0.2, 0.25) is 0 Å². The van der Waals surface area contributed by atoms with Crippen LogP contribution in [0.15, 0.2) is 42.5 Å². The van der Waals surface area contributed by atoms with Crippen LogP contribution in [0.1, 0.15) is 17.7 Å². The number of H-pyrrole nitrogens is 1. The second kappa shape index (κ2) is 3.89. The normalized spacial score (nSPS) is 14.5. The average molecular weight is 249 g/mol. The molecule has 0 atom stereocenters. The molecule has 19 heavy (non-hydrogen) atoms. The number of aryl methyl sites for hydroxylation is 1. The van der Waals surface area contributed by atoms with Crippen molar-refractivity contribution in [2.45, 2.75) is 12.8 Å².